The van der Waals surface area contributed by atoms with E-state index < -0.39 is 0 Å². The van der Waals surface area contributed by atoms with Gasteiger partial charge in [0.15, 0.2) is 5.16 Å². The van der Waals surface area contributed by atoms with Crippen LogP contribution < -0.4 is 10.1 Å². The van der Waals surface area contributed by atoms with E-state index in [-0.39, 0.29) is 0 Å². The Labute approximate surface area is 121 Å². The number of anilines is 1. The van der Waals surface area contributed by atoms with Gasteiger partial charge in [0.05, 0.1) is 0 Å². The quantitative estimate of drug-likeness (QED) is 0.669. The zero-order valence-corrected chi connectivity index (χ0v) is 12.6. The molecule has 0 fully saturated rings. The minimum Gasteiger partial charge on any atom is -0.439 e. The van der Waals surface area contributed by atoms with Crippen LogP contribution in [0.4, 0.5) is 5.82 Å². The minimum atomic E-state index is 0.542. The predicted molar refractivity (Wildman–Crippen MR) is 81.7 cm³/mol. The van der Waals surface area contributed by atoms with Crippen LogP contribution in [0.2, 0.25) is 0 Å². The van der Waals surface area contributed by atoms with Crippen molar-refractivity contribution in [2.75, 3.05) is 24.9 Å². The summed E-state index contributed by atoms with van der Waals surface area (Å²) in [5.41, 5.74) is 0. The van der Waals surface area contributed by atoms with E-state index in [1.165, 1.54) is 16.7 Å². The zero-order chi connectivity index (χ0) is 13.7. The molecule has 0 bridgehead atoms. The summed E-state index contributed by atoms with van der Waals surface area (Å²) in [7, 11) is 1.82. The van der Waals surface area contributed by atoms with Gasteiger partial charge in [-0.3, -0.25) is 0 Å². The summed E-state index contributed by atoms with van der Waals surface area (Å²) in [6.45, 7) is 0. The first-order valence-corrected chi connectivity index (χ1v) is 8.13. The number of benzene rings is 1. The number of aromatic nitrogens is 2. The van der Waals surface area contributed by atoms with Crippen molar-refractivity contribution in [3.8, 4) is 11.6 Å². The largest absolute Gasteiger partial charge is 0.439 e. The molecule has 0 amide bonds. The summed E-state index contributed by atoms with van der Waals surface area (Å²) in [5.74, 6) is 2.06. The minimum absolute atomic E-state index is 0.542. The van der Waals surface area contributed by atoms with E-state index in [1.807, 2.05) is 43.8 Å². The van der Waals surface area contributed by atoms with E-state index >= 15 is 0 Å². The molecule has 6 heteroatoms. The van der Waals surface area contributed by atoms with Crippen molar-refractivity contribution < 1.29 is 4.74 Å². The van der Waals surface area contributed by atoms with Crippen molar-refractivity contribution in [1.82, 2.24) is 9.97 Å². The lowest BCUT2D eigenvalue weighted by Gasteiger charge is -2.08. The number of hydrogen-bond acceptors (Lipinski definition) is 6. The summed E-state index contributed by atoms with van der Waals surface area (Å²) in [6, 6.07) is 9.70. The SMILES string of the molecule is CNc1cc(Oc2ccc(SC)cc2)nc(SC)n1. The first-order valence-electron chi connectivity index (χ1n) is 5.68. The van der Waals surface area contributed by atoms with Gasteiger partial charge in [-0.2, -0.15) is 4.98 Å². The van der Waals surface area contributed by atoms with Crippen LogP contribution in [-0.4, -0.2) is 29.5 Å². The van der Waals surface area contributed by atoms with Crippen molar-refractivity contribution >= 4 is 29.3 Å². The van der Waals surface area contributed by atoms with Crippen molar-refractivity contribution in [3.05, 3.63) is 30.3 Å². The third-order valence-corrected chi connectivity index (χ3v) is 3.69. The lowest BCUT2D eigenvalue weighted by molar-refractivity contribution is 0.456. The highest BCUT2D eigenvalue weighted by atomic mass is 32.2. The normalized spacial score (nSPS) is 10.3. The van der Waals surface area contributed by atoms with Gasteiger partial charge >= 0.3 is 0 Å². The van der Waals surface area contributed by atoms with Crippen molar-refractivity contribution in [3.63, 3.8) is 0 Å². The van der Waals surface area contributed by atoms with Gasteiger partial charge in [0.25, 0.3) is 0 Å². The van der Waals surface area contributed by atoms with Crippen molar-refractivity contribution in [2.24, 2.45) is 0 Å². The van der Waals surface area contributed by atoms with Crippen LogP contribution in [0.3, 0.4) is 0 Å². The van der Waals surface area contributed by atoms with Gasteiger partial charge in [0.2, 0.25) is 5.88 Å². The molecule has 4 nitrogen and oxygen atoms in total. The number of rotatable bonds is 5. The van der Waals surface area contributed by atoms with Gasteiger partial charge in [-0.15, -0.1) is 11.8 Å². The van der Waals surface area contributed by atoms with E-state index in [1.54, 1.807) is 17.8 Å². The van der Waals surface area contributed by atoms with Crippen LogP contribution >= 0.6 is 23.5 Å². The van der Waals surface area contributed by atoms with E-state index in [0.29, 0.717) is 11.0 Å². The first kappa shape index (κ1) is 14.0. The molecule has 2 aromatic rings. The zero-order valence-electron chi connectivity index (χ0n) is 11.0. The molecule has 2 rings (SSSR count). The summed E-state index contributed by atoms with van der Waals surface area (Å²) >= 11 is 3.19. The average Bonchev–Trinajstić information content (AvgIpc) is 2.47. The van der Waals surface area contributed by atoms with E-state index in [0.717, 1.165) is 11.6 Å². The van der Waals surface area contributed by atoms with Crippen LogP contribution in [0, 0.1) is 0 Å². The maximum Gasteiger partial charge on any atom is 0.225 e. The molecule has 1 N–H and O–H groups in total. The molecule has 0 aliphatic rings. The van der Waals surface area contributed by atoms with Crippen LogP contribution in [0.15, 0.2) is 40.4 Å². The number of hydrogen-bond donors (Lipinski definition) is 1. The highest BCUT2D eigenvalue weighted by Crippen LogP contribution is 2.25. The van der Waals surface area contributed by atoms with Crippen LogP contribution in [0.1, 0.15) is 0 Å². The topological polar surface area (TPSA) is 47.0 Å². The lowest BCUT2D eigenvalue weighted by Crippen LogP contribution is -1.98. The van der Waals surface area contributed by atoms with Crippen LogP contribution in [0.25, 0.3) is 0 Å². The molecule has 1 aromatic carbocycles. The fourth-order valence-electron chi connectivity index (χ4n) is 1.44. The molecule has 0 unspecified atom stereocenters. The molecule has 100 valence electrons. The molecule has 0 saturated heterocycles. The van der Waals surface area contributed by atoms with Crippen molar-refractivity contribution in [2.45, 2.75) is 10.1 Å². The van der Waals surface area contributed by atoms with Crippen LogP contribution in [-0.2, 0) is 0 Å². The standard InChI is InChI=1S/C13H15N3OS2/c1-14-11-8-12(16-13(15-11)19-3)17-9-4-6-10(18-2)7-5-9/h4-8H,1-3H3,(H,14,15,16). The fraction of sp³-hybridized carbons (Fsp3) is 0.231. The molecule has 0 atom stereocenters. The van der Waals surface area contributed by atoms with E-state index in [4.69, 9.17) is 4.74 Å². The number of ether oxygens (including phenoxy) is 1. The summed E-state index contributed by atoms with van der Waals surface area (Å²) < 4.78 is 5.75. The molecular weight excluding hydrogens is 278 g/mol. The molecule has 0 aliphatic heterocycles. The molecule has 1 heterocycles. The number of thioether (sulfide) groups is 2. The lowest BCUT2D eigenvalue weighted by atomic mass is 10.3. The average molecular weight is 293 g/mol. The maximum absolute atomic E-state index is 5.75. The van der Waals surface area contributed by atoms with Crippen LogP contribution in [0.5, 0.6) is 11.6 Å². The highest BCUT2D eigenvalue weighted by molar-refractivity contribution is 7.98. The van der Waals surface area contributed by atoms with Crippen molar-refractivity contribution in [1.29, 1.82) is 0 Å². The Balaban J connectivity index is 2.21. The van der Waals surface area contributed by atoms with Gasteiger partial charge in [-0.25, -0.2) is 4.98 Å². The molecule has 0 spiro atoms. The van der Waals surface area contributed by atoms with E-state index in [2.05, 4.69) is 15.3 Å². The summed E-state index contributed by atoms with van der Waals surface area (Å²) in [6.07, 6.45) is 3.98. The second kappa shape index (κ2) is 6.68. The molecular formula is C13H15N3OS2. The Kier molecular flexibility index (Phi) is 4.93. The Morgan fingerprint density at radius 3 is 2.37 bits per heavy atom. The Hall–Kier alpha value is -1.40. The fourth-order valence-corrected chi connectivity index (χ4v) is 2.22. The Bertz CT molecular complexity index is 524. The maximum atomic E-state index is 5.75. The van der Waals surface area contributed by atoms with Gasteiger partial charge in [0, 0.05) is 18.0 Å². The number of nitrogens with one attached hydrogen (secondary N) is 1. The predicted octanol–water partition coefficient (Wildman–Crippen LogP) is 3.75. The number of nitrogens with zero attached hydrogens (tertiary/aromatic N) is 2. The third kappa shape index (κ3) is 3.78. The summed E-state index contributed by atoms with van der Waals surface area (Å²) in [4.78, 5) is 9.82. The van der Waals surface area contributed by atoms with Gasteiger partial charge in [-0.05, 0) is 36.8 Å². The summed E-state index contributed by atoms with van der Waals surface area (Å²) in [5, 5.41) is 3.68. The van der Waals surface area contributed by atoms with Gasteiger partial charge < -0.3 is 10.1 Å². The molecule has 0 aliphatic carbocycles. The highest BCUT2D eigenvalue weighted by Gasteiger charge is 2.05. The Morgan fingerprint density at radius 2 is 1.79 bits per heavy atom. The van der Waals surface area contributed by atoms with Gasteiger partial charge in [0.1, 0.15) is 11.6 Å². The second-order valence-corrected chi connectivity index (χ2v) is 5.26. The Morgan fingerprint density at radius 1 is 1.05 bits per heavy atom. The van der Waals surface area contributed by atoms with Gasteiger partial charge in [-0.1, -0.05) is 11.8 Å². The molecule has 1 aromatic heterocycles. The molecule has 19 heavy (non-hydrogen) atoms. The smallest absolute Gasteiger partial charge is 0.225 e. The second-order valence-electron chi connectivity index (χ2n) is 3.61. The first-order chi connectivity index (χ1) is 9.25. The molecule has 0 radical (unpaired) electrons. The van der Waals surface area contributed by atoms with E-state index in [9.17, 15) is 0 Å². The monoisotopic (exact) mass is 293 g/mol. The molecule has 0 saturated carbocycles. The third-order valence-electron chi connectivity index (χ3n) is 2.40.